The quantitative estimate of drug-likeness (QED) is 0.0563. The van der Waals surface area contributed by atoms with E-state index >= 15 is 0 Å². The van der Waals surface area contributed by atoms with Gasteiger partial charge in [-0.1, -0.05) is 25.7 Å². The Balaban J connectivity index is -0.0000000611. The molecule has 0 atom stereocenters. The number of hydrogen-bond acceptors (Lipinski definition) is 12. The van der Waals surface area contributed by atoms with Crippen LogP contribution in [0.2, 0.25) is 35.5 Å². The van der Waals surface area contributed by atoms with Crippen molar-refractivity contribution in [3.63, 3.8) is 0 Å². The van der Waals surface area contributed by atoms with Crippen LogP contribution in [0.25, 0.3) is 0 Å². The van der Waals surface area contributed by atoms with Gasteiger partial charge < -0.3 is 39.1 Å². The molecule has 0 rings (SSSR count). The van der Waals surface area contributed by atoms with Gasteiger partial charge in [-0.15, -0.1) is 0 Å². The molecule has 0 saturated heterocycles. The van der Waals surface area contributed by atoms with Crippen molar-refractivity contribution < 1.29 is 57.4 Å². The van der Waals surface area contributed by atoms with Gasteiger partial charge in [-0.2, -0.15) is 0 Å². The summed E-state index contributed by atoms with van der Waals surface area (Å²) >= 11 is 0.598. The van der Waals surface area contributed by atoms with E-state index in [2.05, 4.69) is 55.4 Å². The van der Waals surface area contributed by atoms with Gasteiger partial charge in [-0.25, -0.2) is 0 Å². The SMILES string of the molecule is C.CCC[CH2][Sn+2][CH2]CCC.CCC[CH2][Sn+2][CH2]CCC.CCC[CH2][Sn+2][CH2]CCC.CCC[CH2][Sn+2][CH2]CCC.O=[P+]([O-])[O-].O=[P+]([O-])[O-].O=[P+]([O-])[O-].O=[P+]([O-])[O-]. The van der Waals surface area contributed by atoms with Crippen LogP contribution in [0.3, 0.4) is 0 Å². The maximum atomic E-state index is 8.48. The van der Waals surface area contributed by atoms with E-state index in [1.807, 2.05) is 0 Å². The molecule has 0 N–H and O–H groups in total. The van der Waals surface area contributed by atoms with Crippen molar-refractivity contribution in [1.29, 1.82) is 0 Å². The van der Waals surface area contributed by atoms with Gasteiger partial charge in [0.05, 0.1) is 0 Å². The van der Waals surface area contributed by atoms with E-state index in [-0.39, 0.29) is 92.0 Å². The summed E-state index contributed by atoms with van der Waals surface area (Å²) in [5.41, 5.74) is 0. The summed E-state index contributed by atoms with van der Waals surface area (Å²) in [6.45, 7) is 18.3. The van der Waals surface area contributed by atoms with Crippen LogP contribution >= 0.6 is 33.0 Å². The summed E-state index contributed by atoms with van der Waals surface area (Å²) in [6, 6.07) is 0. The van der Waals surface area contributed by atoms with Crippen molar-refractivity contribution in [3.8, 4) is 0 Å². The Kier molecular flexibility index (Phi) is 126. The first kappa shape index (κ1) is 76.9. The van der Waals surface area contributed by atoms with E-state index < -0.39 is 33.0 Å². The molecule has 53 heavy (non-hydrogen) atoms. The van der Waals surface area contributed by atoms with E-state index in [9.17, 15) is 0 Å². The third-order valence-corrected chi connectivity index (χ3v) is 21.8. The first-order valence-corrected chi connectivity index (χ1v) is 39.2. The van der Waals surface area contributed by atoms with Gasteiger partial charge in [0, 0.05) is 0 Å². The fourth-order valence-corrected chi connectivity index (χ4v) is 19.5. The molecule has 0 saturated carbocycles. The second-order valence-electron chi connectivity index (χ2n) is 10.7. The maximum Gasteiger partial charge on any atom is 0.276 e. The maximum absolute atomic E-state index is 8.48. The summed E-state index contributed by atoms with van der Waals surface area (Å²) in [5.74, 6) is 0. The van der Waals surface area contributed by atoms with Crippen LogP contribution in [-0.2, 0) is 18.3 Å². The van der Waals surface area contributed by atoms with Gasteiger partial charge in [0.15, 0.2) is 0 Å². The van der Waals surface area contributed by atoms with Gasteiger partial charge in [-0.05, 0) is 0 Å². The summed E-state index contributed by atoms with van der Waals surface area (Å²) in [5, 5.41) is 0. The summed E-state index contributed by atoms with van der Waals surface area (Å²) in [4.78, 5) is 67.9. The fourth-order valence-electron chi connectivity index (χ4n) is 2.91. The predicted octanol–water partition coefficient (Wildman–Crippen LogP) is 6.60. The molecule has 0 amide bonds. The Morgan fingerprint density at radius 3 is 0.415 bits per heavy atom. The first-order valence-electron chi connectivity index (χ1n) is 18.7. The Morgan fingerprint density at radius 2 is 0.358 bits per heavy atom. The van der Waals surface area contributed by atoms with E-state index in [1.54, 1.807) is 35.5 Å². The Morgan fingerprint density at radius 1 is 0.283 bits per heavy atom. The van der Waals surface area contributed by atoms with E-state index in [0.717, 1.165) is 0 Å². The van der Waals surface area contributed by atoms with Crippen LogP contribution in [0, 0.1) is 0 Å². The minimum absolute atomic E-state index is 0. The molecule has 312 valence electrons. The number of rotatable bonds is 24. The molecule has 0 aliphatic carbocycles. The third kappa shape index (κ3) is 211. The molecule has 0 radical (unpaired) electrons. The summed E-state index contributed by atoms with van der Waals surface area (Å²) in [7, 11) is -13.5. The Labute approximate surface area is 372 Å². The average molecular weight is 1260 g/mol. The molecule has 0 fully saturated rings. The van der Waals surface area contributed by atoms with Gasteiger partial charge in [0.25, 0.3) is 33.0 Å². The molecule has 0 unspecified atom stereocenters. The third-order valence-electron chi connectivity index (χ3n) is 5.66. The smallest absolute Gasteiger partial charge is 0.276 e. The molecule has 0 heterocycles. The van der Waals surface area contributed by atoms with Crippen molar-refractivity contribution in [3.05, 3.63) is 0 Å². The summed E-state index contributed by atoms with van der Waals surface area (Å²) < 4.78 is 46.9. The Bertz CT molecular complexity index is 511. The van der Waals surface area contributed by atoms with Crippen molar-refractivity contribution >= 4 is 118 Å². The predicted molar refractivity (Wildman–Crippen MR) is 218 cm³/mol. The molecule has 0 aromatic rings. The largest absolute Gasteiger partial charge is 0.598 e. The zero-order valence-corrected chi connectivity index (χ0v) is 48.7. The van der Waals surface area contributed by atoms with E-state index in [4.69, 9.17) is 57.4 Å². The normalized spacial score (nSPS) is 8.15. The van der Waals surface area contributed by atoms with Crippen LogP contribution < -0.4 is 39.1 Å². The topological polar surface area (TPSA) is 253 Å². The molecule has 12 nitrogen and oxygen atoms in total. The molecular weight excluding hydrogens is 1190 g/mol. The zero-order chi connectivity index (χ0) is 42.1. The molecule has 0 aliphatic heterocycles. The molecule has 0 aliphatic rings. The zero-order valence-electron chi connectivity index (χ0n) is 33.7. The van der Waals surface area contributed by atoms with Gasteiger partial charge in [0.1, 0.15) is 0 Å². The Hall–Kier alpha value is 3.27. The van der Waals surface area contributed by atoms with Gasteiger partial charge >= 0.3 is 278 Å². The van der Waals surface area contributed by atoms with Crippen LogP contribution in [0.5, 0.6) is 0 Å². The van der Waals surface area contributed by atoms with Gasteiger partial charge in [0.2, 0.25) is 0 Å². The van der Waals surface area contributed by atoms with Crippen molar-refractivity contribution in [2.75, 3.05) is 0 Å². The van der Waals surface area contributed by atoms with Crippen LogP contribution in [0.15, 0.2) is 0 Å². The number of hydrogen-bond donors (Lipinski definition) is 0. The molecule has 0 bridgehead atoms. The minimum Gasteiger partial charge on any atom is -0.598 e. The molecule has 0 aromatic heterocycles. The van der Waals surface area contributed by atoms with Crippen molar-refractivity contribution in [1.82, 2.24) is 0 Å². The van der Waals surface area contributed by atoms with Crippen molar-refractivity contribution in [2.45, 2.75) is 201 Å². The second-order valence-corrected chi connectivity index (χ2v) is 29.6. The molecule has 20 heteroatoms. The van der Waals surface area contributed by atoms with Gasteiger partial charge in [-0.3, -0.25) is 0 Å². The van der Waals surface area contributed by atoms with Crippen LogP contribution in [0.4, 0.5) is 0 Å². The standard InChI is InChI=1S/8C4H9.CH4.4HO3P.4Sn/c8*1-3-4-2;;4*1-4(2)3;;;;/h8*1,3-4H2,2H3;1H4;4*(H,1,2,3);;;;/q;;;;;;;;;;;;;4*+2/p-4. The van der Waals surface area contributed by atoms with E-state index in [0.29, 0.717) is 0 Å². The monoisotopic (exact) mass is 1270 g/mol. The molecular formula is C33H76O12P4Sn4+4. The summed E-state index contributed by atoms with van der Waals surface area (Å²) in [6.07, 6.45) is 23.4. The fraction of sp³-hybridized carbons (Fsp3) is 1.00. The second kappa shape index (κ2) is 86.9. The number of unbranched alkanes of at least 4 members (excludes halogenated alkanes) is 8. The van der Waals surface area contributed by atoms with Crippen molar-refractivity contribution in [2.24, 2.45) is 0 Å². The minimum atomic E-state index is -3.37. The van der Waals surface area contributed by atoms with E-state index in [1.165, 1.54) is 103 Å². The molecule has 0 aromatic carbocycles. The molecule has 0 spiro atoms. The van der Waals surface area contributed by atoms with Crippen LogP contribution in [0.1, 0.15) is 166 Å². The average Bonchev–Trinajstić information content (AvgIpc) is 3.05. The van der Waals surface area contributed by atoms with Crippen LogP contribution in [-0.4, -0.2) is 84.6 Å². The first-order chi connectivity index (χ1) is 24.6.